The third-order valence-electron chi connectivity index (χ3n) is 4.89. The van der Waals surface area contributed by atoms with Crippen LogP contribution in [0.5, 0.6) is 0 Å². The van der Waals surface area contributed by atoms with Crippen molar-refractivity contribution in [3.05, 3.63) is 85.3 Å². The molecule has 0 spiro atoms. The molecule has 0 saturated carbocycles. The highest BCUT2D eigenvalue weighted by Gasteiger charge is 2.14. The zero-order valence-corrected chi connectivity index (χ0v) is 16.7. The Morgan fingerprint density at radius 1 is 0.630 bits per heavy atom. The lowest BCUT2D eigenvalue weighted by Gasteiger charge is -2.19. The summed E-state index contributed by atoms with van der Waals surface area (Å²) in [5, 5.41) is 0. The third kappa shape index (κ3) is 3.75. The van der Waals surface area contributed by atoms with Gasteiger partial charge in [-0.15, -0.1) is 0 Å². The Hall–Kier alpha value is -3.00. The van der Waals surface area contributed by atoms with E-state index >= 15 is 0 Å². The van der Waals surface area contributed by atoms with E-state index in [9.17, 15) is 0 Å². The Morgan fingerprint density at radius 2 is 1.07 bits per heavy atom. The predicted octanol–water partition coefficient (Wildman–Crippen LogP) is 5.98. The molecule has 1 radical (unpaired) electrons. The van der Waals surface area contributed by atoms with Gasteiger partial charge in [0.1, 0.15) is 0 Å². The van der Waals surface area contributed by atoms with Gasteiger partial charge in [-0.3, -0.25) is 0 Å². The SMILES string of the molecule is [CH2]c1ccc(C=C)c(-c2ccc(N(C)C)cc2)c1-c1ccc(N(C)C)cc1. The Labute approximate surface area is 163 Å². The lowest BCUT2D eigenvalue weighted by atomic mass is 9.87. The van der Waals surface area contributed by atoms with Crippen LogP contribution in [-0.2, 0) is 0 Å². The molecule has 3 aromatic rings. The summed E-state index contributed by atoms with van der Waals surface area (Å²) < 4.78 is 0. The number of anilines is 2. The van der Waals surface area contributed by atoms with Crippen molar-refractivity contribution >= 4 is 17.5 Å². The Kier molecular flexibility index (Phi) is 5.36. The Morgan fingerprint density at radius 3 is 1.48 bits per heavy atom. The van der Waals surface area contributed by atoms with Crippen LogP contribution in [0.3, 0.4) is 0 Å². The minimum atomic E-state index is 1.02. The molecular weight excluding hydrogens is 328 g/mol. The van der Waals surface area contributed by atoms with E-state index < -0.39 is 0 Å². The van der Waals surface area contributed by atoms with Crippen LogP contribution < -0.4 is 9.80 Å². The molecule has 0 saturated heterocycles. The van der Waals surface area contributed by atoms with Crippen LogP contribution in [0.15, 0.2) is 67.2 Å². The molecule has 0 N–H and O–H groups in total. The van der Waals surface area contributed by atoms with Crippen LogP contribution in [0.2, 0.25) is 0 Å². The van der Waals surface area contributed by atoms with Crippen molar-refractivity contribution in [3.63, 3.8) is 0 Å². The van der Waals surface area contributed by atoms with Crippen LogP contribution in [0.4, 0.5) is 11.4 Å². The first-order valence-electron chi connectivity index (χ1n) is 9.09. The maximum absolute atomic E-state index is 4.31. The molecule has 0 bridgehead atoms. The topological polar surface area (TPSA) is 6.48 Å². The largest absolute Gasteiger partial charge is 0.378 e. The van der Waals surface area contributed by atoms with Crippen molar-refractivity contribution in [2.24, 2.45) is 0 Å². The fourth-order valence-corrected chi connectivity index (χ4v) is 3.33. The molecule has 0 atom stereocenters. The number of rotatable bonds is 5. The number of nitrogens with zero attached hydrogens (tertiary/aromatic N) is 2. The molecule has 0 aliphatic rings. The van der Waals surface area contributed by atoms with Gasteiger partial charge in [-0.2, -0.15) is 0 Å². The molecule has 3 aromatic carbocycles. The summed E-state index contributed by atoms with van der Waals surface area (Å²) in [5.74, 6) is 0. The van der Waals surface area contributed by atoms with Crippen molar-refractivity contribution in [1.29, 1.82) is 0 Å². The van der Waals surface area contributed by atoms with Crippen molar-refractivity contribution in [3.8, 4) is 22.3 Å². The van der Waals surface area contributed by atoms with Gasteiger partial charge in [0, 0.05) is 39.6 Å². The van der Waals surface area contributed by atoms with E-state index in [0.29, 0.717) is 0 Å². The van der Waals surface area contributed by atoms with Crippen molar-refractivity contribution in [1.82, 2.24) is 0 Å². The van der Waals surface area contributed by atoms with E-state index in [2.05, 4.69) is 112 Å². The van der Waals surface area contributed by atoms with Gasteiger partial charge in [-0.05, 0) is 64.6 Å². The van der Waals surface area contributed by atoms with E-state index in [-0.39, 0.29) is 0 Å². The summed E-state index contributed by atoms with van der Waals surface area (Å²) in [6.45, 7) is 8.34. The summed E-state index contributed by atoms with van der Waals surface area (Å²) in [7, 11) is 8.22. The zero-order valence-electron chi connectivity index (χ0n) is 16.7. The average Bonchev–Trinajstić information content (AvgIpc) is 2.68. The molecule has 2 nitrogen and oxygen atoms in total. The van der Waals surface area contributed by atoms with Crippen LogP contribution in [0.25, 0.3) is 28.3 Å². The second kappa shape index (κ2) is 7.71. The monoisotopic (exact) mass is 355 g/mol. The van der Waals surface area contributed by atoms with Gasteiger partial charge in [0.2, 0.25) is 0 Å². The van der Waals surface area contributed by atoms with Gasteiger partial charge in [-0.1, -0.05) is 49.1 Å². The van der Waals surface area contributed by atoms with Gasteiger partial charge in [0.05, 0.1) is 0 Å². The van der Waals surface area contributed by atoms with Crippen LogP contribution in [-0.4, -0.2) is 28.2 Å². The molecule has 0 aliphatic heterocycles. The molecule has 0 heterocycles. The van der Waals surface area contributed by atoms with Crippen LogP contribution >= 0.6 is 0 Å². The summed E-state index contributed by atoms with van der Waals surface area (Å²) in [4.78, 5) is 4.22. The van der Waals surface area contributed by atoms with Gasteiger partial charge in [-0.25, -0.2) is 0 Å². The van der Waals surface area contributed by atoms with Crippen LogP contribution in [0, 0.1) is 6.92 Å². The maximum Gasteiger partial charge on any atom is 0.0361 e. The Bertz CT molecular complexity index is 933. The summed E-state index contributed by atoms with van der Waals surface area (Å²) >= 11 is 0. The van der Waals surface area contributed by atoms with Crippen molar-refractivity contribution in [2.45, 2.75) is 0 Å². The van der Waals surface area contributed by atoms with E-state index in [0.717, 1.165) is 16.7 Å². The van der Waals surface area contributed by atoms with Crippen LogP contribution in [0.1, 0.15) is 11.1 Å². The standard InChI is InChI=1S/C25H27N2/c1-7-19-9-8-18(2)24(20-10-14-22(15-11-20)26(3)4)25(19)21-12-16-23(17-13-21)27(5)6/h7-17H,1-2H2,3-6H3. The van der Waals surface area contributed by atoms with Crippen molar-refractivity contribution < 1.29 is 0 Å². The van der Waals surface area contributed by atoms with E-state index in [1.54, 1.807) is 0 Å². The molecular formula is C25H27N2. The maximum atomic E-state index is 4.31. The summed E-state index contributed by atoms with van der Waals surface area (Å²) in [6, 6.07) is 21.5. The average molecular weight is 356 g/mol. The molecule has 0 aliphatic carbocycles. The predicted molar refractivity (Wildman–Crippen MR) is 121 cm³/mol. The van der Waals surface area contributed by atoms with E-state index in [1.807, 2.05) is 6.08 Å². The highest BCUT2D eigenvalue weighted by atomic mass is 15.1. The summed E-state index contributed by atoms with van der Waals surface area (Å²) in [5.41, 5.74) is 9.18. The molecule has 3 rings (SSSR count). The molecule has 27 heavy (non-hydrogen) atoms. The first-order valence-corrected chi connectivity index (χ1v) is 9.09. The number of benzene rings is 3. The van der Waals surface area contributed by atoms with Gasteiger partial charge >= 0.3 is 0 Å². The van der Waals surface area contributed by atoms with Crippen molar-refractivity contribution in [2.75, 3.05) is 38.0 Å². The quantitative estimate of drug-likeness (QED) is 0.556. The molecule has 0 aromatic heterocycles. The first kappa shape index (κ1) is 18.8. The second-order valence-electron chi connectivity index (χ2n) is 7.15. The molecule has 2 heteroatoms. The third-order valence-corrected chi connectivity index (χ3v) is 4.89. The van der Waals surface area contributed by atoms with Gasteiger partial charge in [0.25, 0.3) is 0 Å². The normalized spacial score (nSPS) is 10.6. The number of hydrogen-bond donors (Lipinski definition) is 0. The Balaban J connectivity index is 2.20. The molecule has 0 unspecified atom stereocenters. The minimum Gasteiger partial charge on any atom is -0.378 e. The van der Waals surface area contributed by atoms with E-state index in [4.69, 9.17) is 0 Å². The highest BCUT2D eigenvalue weighted by Crippen LogP contribution is 2.39. The van der Waals surface area contributed by atoms with E-state index in [1.165, 1.54) is 28.1 Å². The fourth-order valence-electron chi connectivity index (χ4n) is 3.33. The smallest absolute Gasteiger partial charge is 0.0361 e. The highest BCUT2D eigenvalue weighted by molar-refractivity contribution is 5.92. The number of hydrogen-bond acceptors (Lipinski definition) is 2. The summed E-state index contributed by atoms with van der Waals surface area (Å²) in [6.07, 6.45) is 1.92. The second-order valence-corrected chi connectivity index (χ2v) is 7.15. The fraction of sp³-hybridized carbons (Fsp3) is 0.160. The van der Waals surface area contributed by atoms with Gasteiger partial charge < -0.3 is 9.80 Å². The lowest BCUT2D eigenvalue weighted by Crippen LogP contribution is -2.08. The lowest BCUT2D eigenvalue weighted by molar-refractivity contribution is 1.13. The minimum absolute atomic E-state index is 1.02. The zero-order chi connectivity index (χ0) is 19.6. The molecule has 0 amide bonds. The molecule has 0 fully saturated rings. The van der Waals surface area contributed by atoms with Gasteiger partial charge in [0.15, 0.2) is 0 Å². The first-order chi connectivity index (χ1) is 12.9. The molecule has 137 valence electrons.